The van der Waals surface area contributed by atoms with Crippen molar-refractivity contribution in [3.63, 3.8) is 0 Å². The molecule has 0 atom stereocenters. The number of anilines is 2. The summed E-state index contributed by atoms with van der Waals surface area (Å²) >= 11 is 0. The number of aromatic nitrogens is 1. The normalized spacial score (nSPS) is 11.5. The van der Waals surface area contributed by atoms with Crippen LogP contribution in [0.4, 0.5) is 15.9 Å². The molecule has 7 heteroatoms. The summed E-state index contributed by atoms with van der Waals surface area (Å²) in [5.41, 5.74) is 8.87. The topological polar surface area (TPSA) is 108 Å². The Morgan fingerprint density at radius 2 is 1.81 bits per heavy atom. The molecule has 0 amide bonds. The first kappa shape index (κ1) is 26.1. The van der Waals surface area contributed by atoms with Gasteiger partial charge in [-0.05, 0) is 62.8 Å². The molecule has 1 aliphatic carbocycles. The second kappa shape index (κ2) is 12.0. The number of aryl methyl sites for hydroxylation is 1. The number of nitrogens with two attached hydrogens (primary N) is 1. The van der Waals surface area contributed by atoms with E-state index in [2.05, 4.69) is 5.32 Å². The van der Waals surface area contributed by atoms with Gasteiger partial charge in [-0.25, -0.2) is 4.39 Å². The van der Waals surface area contributed by atoms with Gasteiger partial charge < -0.3 is 16.5 Å². The van der Waals surface area contributed by atoms with Crippen molar-refractivity contribution in [1.82, 2.24) is 4.57 Å². The molecule has 31 heavy (non-hydrogen) atoms. The van der Waals surface area contributed by atoms with Crippen molar-refractivity contribution in [2.45, 2.75) is 66.7 Å². The molecule has 3 rings (SSSR count). The van der Waals surface area contributed by atoms with E-state index in [9.17, 15) is 9.18 Å². The number of rotatable bonds is 5. The van der Waals surface area contributed by atoms with Crippen molar-refractivity contribution in [1.29, 1.82) is 10.8 Å². The Morgan fingerprint density at radius 1 is 1.23 bits per heavy atom. The zero-order chi connectivity index (χ0) is 23.7. The number of fused-ring (bicyclic) bond motifs is 1. The zero-order valence-corrected chi connectivity index (χ0v) is 19.6. The number of hydrogen-bond donors (Lipinski definition) is 4. The van der Waals surface area contributed by atoms with E-state index in [0.717, 1.165) is 47.9 Å². The van der Waals surface area contributed by atoms with Crippen molar-refractivity contribution in [3.05, 3.63) is 56.6 Å². The molecule has 0 spiro atoms. The van der Waals surface area contributed by atoms with E-state index in [-0.39, 0.29) is 17.2 Å². The van der Waals surface area contributed by atoms with Gasteiger partial charge in [0.05, 0.1) is 11.5 Å². The van der Waals surface area contributed by atoms with Gasteiger partial charge in [-0.15, -0.1) is 0 Å². The lowest BCUT2D eigenvalue weighted by molar-refractivity contribution is 0.630. The van der Waals surface area contributed by atoms with E-state index >= 15 is 0 Å². The van der Waals surface area contributed by atoms with Gasteiger partial charge in [-0.2, -0.15) is 0 Å². The molecule has 0 bridgehead atoms. The average molecular weight is 430 g/mol. The van der Waals surface area contributed by atoms with Crippen molar-refractivity contribution in [2.24, 2.45) is 12.8 Å². The lowest BCUT2D eigenvalue weighted by Gasteiger charge is -2.20. The second-order valence-electron chi connectivity index (χ2n) is 7.42. The van der Waals surface area contributed by atoms with Crippen LogP contribution in [-0.4, -0.2) is 16.1 Å². The largest absolute Gasteiger partial charge is 0.388 e. The molecule has 0 fully saturated rings. The summed E-state index contributed by atoms with van der Waals surface area (Å²) in [6.07, 6.45) is 3.98. The van der Waals surface area contributed by atoms with Crippen molar-refractivity contribution >= 4 is 23.1 Å². The summed E-state index contributed by atoms with van der Waals surface area (Å²) in [4.78, 5) is 12.7. The number of amidine groups is 1. The Bertz CT molecular complexity index is 990. The Labute approximate surface area is 184 Å². The van der Waals surface area contributed by atoms with Crippen LogP contribution in [0.2, 0.25) is 0 Å². The Kier molecular flexibility index (Phi) is 10.1. The van der Waals surface area contributed by atoms with Crippen LogP contribution in [0.5, 0.6) is 0 Å². The molecular formula is C24H36FN5O. The van der Waals surface area contributed by atoms with Gasteiger partial charge >= 0.3 is 0 Å². The molecule has 5 N–H and O–H groups in total. The molecule has 0 unspecified atom stereocenters. The van der Waals surface area contributed by atoms with Gasteiger partial charge in [0.25, 0.3) is 5.56 Å². The molecule has 0 aliphatic heterocycles. The number of benzene rings is 1. The number of pyridine rings is 1. The molecule has 1 aliphatic rings. The van der Waals surface area contributed by atoms with Crippen LogP contribution in [0, 0.1) is 23.6 Å². The van der Waals surface area contributed by atoms with E-state index in [1.165, 1.54) is 17.6 Å². The molecule has 170 valence electrons. The van der Waals surface area contributed by atoms with Crippen LogP contribution in [0.3, 0.4) is 0 Å². The predicted molar refractivity (Wildman–Crippen MR) is 129 cm³/mol. The van der Waals surface area contributed by atoms with Gasteiger partial charge in [0.1, 0.15) is 11.6 Å². The molecule has 2 aromatic rings. The molecule has 1 aromatic heterocycles. The van der Waals surface area contributed by atoms with E-state index in [0.29, 0.717) is 23.6 Å². The third kappa shape index (κ3) is 6.51. The maximum Gasteiger partial charge on any atom is 0.255 e. The highest BCUT2D eigenvalue weighted by atomic mass is 19.1. The van der Waals surface area contributed by atoms with Crippen LogP contribution in [-0.2, 0) is 19.9 Å². The standard InChI is InChI=1S/C20H24FN3O.C2H6N2.C2H6/c1-4-6-16(22)18-13-7-5-8-14(13)20(25)24(3)19(18)23-17-10-9-12(2)11-15(17)21;1-2(3)4;1-2/h9-11,22-23H,4-8H2,1-3H3;1H3,(H3,3,4);1-2H3. The fourth-order valence-electron chi connectivity index (χ4n) is 3.57. The average Bonchev–Trinajstić information content (AvgIpc) is 3.18. The highest BCUT2D eigenvalue weighted by Crippen LogP contribution is 2.31. The summed E-state index contributed by atoms with van der Waals surface area (Å²) in [6.45, 7) is 9.39. The minimum Gasteiger partial charge on any atom is -0.388 e. The van der Waals surface area contributed by atoms with E-state index in [1.807, 2.05) is 33.8 Å². The molecular weight excluding hydrogens is 393 g/mol. The summed E-state index contributed by atoms with van der Waals surface area (Å²) in [7, 11) is 1.69. The SMILES string of the molecule is CC.CC(=N)N.CCCC(=N)c1c2c(c(=O)n(C)c1Nc1ccc(C)cc1F)CCC2. The second-order valence-corrected chi connectivity index (χ2v) is 7.42. The predicted octanol–water partition coefficient (Wildman–Crippen LogP) is 5.20. The summed E-state index contributed by atoms with van der Waals surface area (Å²) < 4.78 is 15.9. The van der Waals surface area contributed by atoms with Crippen molar-refractivity contribution in [3.8, 4) is 0 Å². The fraction of sp³-hybridized carbons (Fsp3) is 0.458. The first-order valence-electron chi connectivity index (χ1n) is 10.8. The first-order valence-corrected chi connectivity index (χ1v) is 10.8. The third-order valence-corrected chi connectivity index (χ3v) is 4.83. The van der Waals surface area contributed by atoms with Gasteiger partial charge in [-0.3, -0.25) is 14.8 Å². The number of nitrogens with one attached hydrogen (secondary N) is 3. The van der Waals surface area contributed by atoms with E-state index in [4.69, 9.17) is 16.6 Å². The maximum absolute atomic E-state index is 14.3. The van der Waals surface area contributed by atoms with Crippen LogP contribution in [0.25, 0.3) is 0 Å². The first-order chi connectivity index (χ1) is 14.7. The monoisotopic (exact) mass is 429 g/mol. The van der Waals surface area contributed by atoms with Crippen molar-refractivity contribution < 1.29 is 4.39 Å². The van der Waals surface area contributed by atoms with E-state index < -0.39 is 0 Å². The Balaban J connectivity index is 0.000000720. The van der Waals surface area contributed by atoms with Crippen LogP contribution < -0.4 is 16.6 Å². The highest BCUT2D eigenvalue weighted by Gasteiger charge is 2.26. The lowest BCUT2D eigenvalue weighted by Crippen LogP contribution is -2.27. The molecule has 0 radical (unpaired) electrons. The third-order valence-electron chi connectivity index (χ3n) is 4.83. The quantitative estimate of drug-likeness (QED) is 0.387. The molecule has 6 nitrogen and oxygen atoms in total. The van der Waals surface area contributed by atoms with Crippen LogP contribution in [0.1, 0.15) is 69.2 Å². The minimum absolute atomic E-state index is 0.0458. The molecule has 1 heterocycles. The van der Waals surface area contributed by atoms with Gasteiger partial charge in [0.2, 0.25) is 0 Å². The Morgan fingerprint density at radius 3 is 2.35 bits per heavy atom. The summed E-state index contributed by atoms with van der Waals surface area (Å²) in [5, 5.41) is 17.9. The lowest BCUT2D eigenvalue weighted by atomic mass is 9.98. The van der Waals surface area contributed by atoms with Crippen LogP contribution in [0.15, 0.2) is 23.0 Å². The molecule has 0 saturated heterocycles. The number of nitrogens with zero attached hydrogens (tertiary/aromatic N) is 1. The summed E-state index contributed by atoms with van der Waals surface area (Å²) in [6, 6.07) is 4.97. The minimum atomic E-state index is -0.360. The Hall–Kier alpha value is -2.96. The fourth-order valence-corrected chi connectivity index (χ4v) is 3.57. The number of halogens is 1. The smallest absolute Gasteiger partial charge is 0.255 e. The van der Waals surface area contributed by atoms with Gasteiger partial charge in [0, 0.05) is 23.9 Å². The highest BCUT2D eigenvalue weighted by molar-refractivity contribution is 6.04. The van der Waals surface area contributed by atoms with Gasteiger partial charge in [-0.1, -0.05) is 33.3 Å². The van der Waals surface area contributed by atoms with E-state index in [1.54, 1.807) is 13.1 Å². The number of hydrogen-bond acceptors (Lipinski definition) is 4. The van der Waals surface area contributed by atoms with Gasteiger partial charge in [0.15, 0.2) is 0 Å². The summed E-state index contributed by atoms with van der Waals surface area (Å²) in [5.74, 6) is 0.327. The maximum atomic E-state index is 14.3. The van der Waals surface area contributed by atoms with Crippen molar-refractivity contribution in [2.75, 3.05) is 5.32 Å². The van der Waals surface area contributed by atoms with Crippen LogP contribution >= 0.6 is 0 Å². The zero-order valence-electron chi connectivity index (χ0n) is 19.6. The molecule has 1 aromatic carbocycles. The molecule has 0 saturated carbocycles.